The second-order valence-corrected chi connectivity index (χ2v) is 4.11. The monoisotopic (exact) mass is 238 g/mol. The fraction of sp³-hybridized carbons (Fsp3) is 0.0667. The standard InChI is InChI=1S/C15H10O3/c16-13-11-8-4-5-9-12(11)15(17)18-14(13)10-6-2-1-3-7-10/h1-9,14H/t14-/m1/s1. The largest absolute Gasteiger partial charge is 0.445 e. The molecule has 1 atom stereocenters. The third-order valence-electron chi connectivity index (χ3n) is 2.98. The van der Waals surface area contributed by atoms with Gasteiger partial charge in [0.25, 0.3) is 0 Å². The lowest BCUT2D eigenvalue weighted by atomic mass is 9.93. The molecule has 1 aliphatic heterocycles. The lowest BCUT2D eigenvalue weighted by molar-refractivity contribution is 0.0242. The number of carbonyl (C=O) groups excluding carboxylic acids is 2. The molecule has 0 aromatic heterocycles. The van der Waals surface area contributed by atoms with Crippen molar-refractivity contribution in [2.45, 2.75) is 6.10 Å². The van der Waals surface area contributed by atoms with E-state index in [1.807, 2.05) is 18.2 Å². The van der Waals surface area contributed by atoms with Gasteiger partial charge in [-0.05, 0) is 6.07 Å². The molecule has 18 heavy (non-hydrogen) atoms. The summed E-state index contributed by atoms with van der Waals surface area (Å²) in [6.07, 6.45) is -0.825. The van der Waals surface area contributed by atoms with Crippen molar-refractivity contribution < 1.29 is 14.3 Å². The quantitative estimate of drug-likeness (QED) is 0.717. The Bertz CT molecular complexity index is 617. The number of esters is 1. The second kappa shape index (κ2) is 4.11. The number of ether oxygens (including phenoxy) is 1. The van der Waals surface area contributed by atoms with Gasteiger partial charge >= 0.3 is 5.97 Å². The number of carbonyl (C=O) groups is 2. The first-order valence-electron chi connectivity index (χ1n) is 5.66. The fourth-order valence-corrected chi connectivity index (χ4v) is 2.09. The number of cyclic esters (lactones) is 1. The maximum Gasteiger partial charge on any atom is 0.339 e. The van der Waals surface area contributed by atoms with Crippen molar-refractivity contribution in [3.05, 3.63) is 71.3 Å². The number of rotatable bonds is 1. The van der Waals surface area contributed by atoms with Crippen LogP contribution in [0, 0.1) is 0 Å². The Labute approximate surface area is 104 Å². The van der Waals surface area contributed by atoms with Crippen LogP contribution in [0.15, 0.2) is 54.6 Å². The van der Waals surface area contributed by atoms with Gasteiger partial charge in [0.15, 0.2) is 6.10 Å². The van der Waals surface area contributed by atoms with Crippen LogP contribution in [-0.4, -0.2) is 11.8 Å². The summed E-state index contributed by atoms with van der Waals surface area (Å²) in [5.74, 6) is -0.615. The van der Waals surface area contributed by atoms with Gasteiger partial charge in [0.2, 0.25) is 5.78 Å². The average Bonchev–Trinajstić information content (AvgIpc) is 2.44. The maximum atomic E-state index is 12.3. The predicted molar refractivity (Wildman–Crippen MR) is 65.4 cm³/mol. The first-order valence-corrected chi connectivity index (χ1v) is 5.66. The molecular weight excluding hydrogens is 228 g/mol. The predicted octanol–water partition coefficient (Wildman–Crippen LogP) is 2.78. The van der Waals surface area contributed by atoms with Crippen molar-refractivity contribution >= 4 is 11.8 Å². The molecule has 3 nitrogen and oxygen atoms in total. The van der Waals surface area contributed by atoms with Crippen molar-refractivity contribution in [1.29, 1.82) is 0 Å². The lowest BCUT2D eigenvalue weighted by Gasteiger charge is -2.23. The molecule has 3 heteroatoms. The highest BCUT2D eigenvalue weighted by Gasteiger charge is 2.34. The molecule has 0 spiro atoms. The van der Waals surface area contributed by atoms with Gasteiger partial charge in [-0.3, -0.25) is 4.79 Å². The number of Topliss-reactive ketones (excluding diaryl/α,β-unsaturated/α-hetero) is 1. The van der Waals surface area contributed by atoms with Crippen molar-refractivity contribution in [3.8, 4) is 0 Å². The molecule has 3 rings (SSSR count). The highest BCUT2D eigenvalue weighted by molar-refractivity contribution is 6.12. The van der Waals surface area contributed by atoms with E-state index >= 15 is 0 Å². The summed E-state index contributed by atoms with van der Waals surface area (Å²) < 4.78 is 5.22. The van der Waals surface area contributed by atoms with Crippen molar-refractivity contribution in [2.24, 2.45) is 0 Å². The van der Waals surface area contributed by atoms with Crippen LogP contribution in [0.3, 0.4) is 0 Å². The number of hydrogen-bond donors (Lipinski definition) is 0. The minimum atomic E-state index is -0.825. The molecule has 0 amide bonds. The molecule has 2 aromatic carbocycles. The smallest absolute Gasteiger partial charge is 0.339 e. The molecule has 0 radical (unpaired) electrons. The molecular formula is C15H10O3. The molecule has 1 heterocycles. The highest BCUT2D eigenvalue weighted by Crippen LogP contribution is 2.30. The third-order valence-corrected chi connectivity index (χ3v) is 2.98. The molecule has 0 saturated heterocycles. The van der Waals surface area contributed by atoms with Gasteiger partial charge in [0.05, 0.1) is 5.56 Å². The minimum absolute atomic E-state index is 0.170. The first kappa shape index (κ1) is 10.7. The zero-order valence-electron chi connectivity index (χ0n) is 9.50. The molecule has 0 fully saturated rings. The Balaban J connectivity index is 2.08. The number of benzene rings is 2. The van der Waals surface area contributed by atoms with E-state index in [1.165, 1.54) is 0 Å². The van der Waals surface area contributed by atoms with Gasteiger partial charge in [0.1, 0.15) is 0 Å². The Morgan fingerprint density at radius 2 is 1.39 bits per heavy atom. The molecule has 0 aliphatic carbocycles. The van der Waals surface area contributed by atoms with E-state index in [0.717, 1.165) is 0 Å². The summed E-state index contributed by atoms with van der Waals surface area (Å²) >= 11 is 0. The Morgan fingerprint density at radius 3 is 2.11 bits per heavy atom. The van der Waals surface area contributed by atoms with E-state index < -0.39 is 12.1 Å². The zero-order valence-corrected chi connectivity index (χ0v) is 9.50. The van der Waals surface area contributed by atoms with E-state index in [2.05, 4.69) is 0 Å². The van der Waals surface area contributed by atoms with Crippen LogP contribution >= 0.6 is 0 Å². The molecule has 2 aromatic rings. The number of hydrogen-bond acceptors (Lipinski definition) is 3. The van der Waals surface area contributed by atoms with Crippen molar-refractivity contribution in [2.75, 3.05) is 0 Å². The molecule has 0 bridgehead atoms. The summed E-state index contributed by atoms with van der Waals surface area (Å²) in [5.41, 5.74) is 1.47. The van der Waals surface area contributed by atoms with Crippen LogP contribution < -0.4 is 0 Å². The molecule has 88 valence electrons. The Morgan fingerprint density at radius 1 is 0.778 bits per heavy atom. The average molecular weight is 238 g/mol. The van der Waals surface area contributed by atoms with Gasteiger partial charge in [0, 0.05) is 11.1 Å². The SMILES string of the molecule is O=C1O[C@H](c2ccccc2)C(=O)c2ccccc21. The van der Waals surface area contributed by atoms with Crippen LogP contribution in [0.4, 0.5) is 0 Å². The van der Waals surface area contributed by atoms with Gasteiger partial charge < -0.3 is 4.74 Å². The third kappa shape index (κ3) is 1.61. The van der Waals surface area contributed by atoms with Gasteiger partial charge in [-0.25, -0.2) is 4.79 Å². The number of fused-ring (bicyclic) bond motifs is 1. The Hall–Kier alpha value is -2.42. The summed E-state index contributed by atoms with van der Waals surface area (Å²) in [7, 11) is 0. The van der Waals surface area contributed by atoms with Crippen LogP contribution in [0.2, 0.25) is 0 Å². The van der Waals surface area contributed by atoms with Crippen LogP contribution in [0.25, 0.3) is 0 Å². The summed E-state index contributed by atoms with van der Waals surface area (Å²) in [6, 6.07) is 15.8. The zero-order chi connectivity index (χ0) is 12.5. The van der Waals surface area contributed by atoms with E-state index in [1.54, 1.807) is 36.4 Å². The van der Waals surface area contributed by atoms with E-state index in [-0.39, 0.29) is 5.78 Å². The molecule has 0 saturated carbocycles. The normalized spacial score (nSPS) is 18.1. The lowest BCUT2D eigenvalue weighted by Crippen LogP contribution is -2.27. The van der Waals surface area contributed by atoms with Crippen LogP contribution in [-0.2, 0) is 4.74 Å². The molecule has 0 unspecified atom stereocenters. The first-order chi connectivity index (χ1) is 8.77. The van der Waals surface area contributed by atoms with E-state index in [9.17, 15) is 9.59 Å². The van der Waals surface area contributed by atoms with Gasteiger partial charge in [-0.1, -0.05) is 48.5 Å². The summed E-state index contributed by atoms with van der Waals surface area (Å²) in [5, 5.41) is 0. The Kier molecular flexibility index (Phi) is 2.45. The molecule has 0 N–H and O–H groups in total. The minimum Gasteiger partial charge on any atom is -0.445 e. The van der Waals surface area contributed by atoms with Gasteiger partial charge in [-0.15, -0.1) is 0 Å². The molecule has 1 aliphatic rings. The number of ketones is 1. The van der Waals surface area contributed by atoms with Gasteiger partial charge in [-0.2, -0.15) is 0 Å². The summed E-state index contributed by atoms with van der Waals surface area (Å²) in [6.45, 7) is 0. The van der Waals surface area contributed by atoms with Crippen molar-refractivity contribution in [3.63, 3.8) is 0 Å². The van der Waals surface area contributed by atoms with E-state index in [0.29, 0.717) is 16.7 Å². The summed E-state index contributed by atoms with van der Waals surface area (Å²) in [4.78, 5) is 24.1. The topological polar surface area (TPSA) is 43.4 Å². The second-order valence-electron chi connectivity index (χ2n) is 4.11. The van der Waals surface area contributed by atoms with Crippen molar-refractivity contribution in [1.82, 2.24) is 0 Å². The van der Waals surface area contributed by atoms with Crippen LogP contribution in [0.5, 0.6) is 0 Å². The fourth-order valence-electron chi connectivity index (χ4n) is 2.09. The van der Waals surface area contributed by atoms with E-state index in [4.69, 9.17) is 4.74 Å². The highest BCUT2D eigenvalue weighted by atomic mass is 16.5. The maximum absolute atomic E-state index is 12.3. The van der Waals surface area contributed by atoms with Crippen LogP contribution in [0.1, 0.15) is 32.4 Å².